The van der Waals surface area contributed by atoms with Gasteiger partial charge in [-0.15, -0.1) is 0 Å². The molecule has 0 aliphatic heterocycles. The van der Waals surface area contributed by atoms with E-state index in [1.165, 1.54) is 6.92 Å². The first-order chi connectivity index (χ1) is 16.8. The Kier molecular flexibility index (Phi) is 7.08. The number of esters is 2. The van der Waals surface area contributed by atoms with E-state index in [2.05, 4.69) is 0 Å². The fraction of sp³-hybridized carbons (Fsp3) is 0.393. The van der Waals surface area contributed by atoms with Gasteiger partial charge >= 0.3 is 11.9 Å². The molecule has 0 spiro atoms. The van der Waals surface area contributed by atoms with Crippen LogP contribution in [0.1, 0.15) is 44.2 Å². The number of carbonyl (C=O) groups is 3. The smallest absolute Gasteiger partial charge is 0.317 e. The Morgan fingerprint density at radius 2 is 1.63 bits per heavy atom. The van der Waals surface area contributed by atoms with Crippen molar-refractivity contribution in [3.05, 3.63) is 71.9 Å². The molecule has 4 rings (SSSR count). The Hall–Kier alpha value is -3.45. The summed E-state index contributed by atoms with van der Waals surface area (Å²) >= 11 is 0. The molecule has 0 unspecified atom stereocenters. The molecule has 0 saturated heterocycles. The van der Waals surface area contributed by atoms with Gasteiger partial charge in [0, 0.05) is 36.0 Å². The van der Waals surface area contributed by atoms with Crippen molar-refractivity contribution in [2.24, 2.45) is 11.8 Å². The van der Waals surface area contributed by atoms with E-state index in [0.29, 0.717) is 12.1 Å². The van der Waals surface area contributed by atoms with Crippen molar-refractivity contribution in [2.75, 3.05) is 13.2 Å². The number of ether oxygens (including phenoxy) is 2. The molecular formula is C28H31NO6. The van der Waals surface area contributed by atoms with Crippen molar-refractivity contribution in [1.29, 1.82) is 0 Å². The molecule has 1 aliphatic carbocycles. The fourth-order valence-corrected chi connectivity index (χ4v) is 5.31. The molecule has 3 aromatic rings. The Bertz CT molecular complexity index is 1230. The third-order valence-corrected chi connectivity index (χ3v) is 6.72. The number of aromatic nitrogens is 1. The van der Waals surface area contributed by atoms with Crippen LogP contribution in [0.4, 0.5) is 0 Å². The van der Waals surface area contributed by atoms with E-state index >= 15 is 0 Å². The van der Waals surface area contributed by atoms with Gasteiger partial charge in [0.05, 0.1) is 24.7 Å². The van der Waals surface area contributed by atoms with Crippen molar-refractivity contribution in [3.63, 3.8) is 0 Å². The summed E-state index contributed by atoms with van der Waals surface area (Å²) in [5.74, 6) is -5.05. The van der Waals surface area contributed by atoms with Crippen LogP contribution in [0.2, 0.25) is 0 Å². The Morgan fingerprint density at radius 1 is 1.00 bits per heavy atom. The first-order valence-corrected chi connectivity index (χ1v) is 12.0. The summed E-state index contributed by atoms with van der Waals surface area (Å²) in [6, 6.07) is 17.6. The summed E-state index contributed by atoms with van der Waals surface area (Å²) in [6.45, 7) is 5.60. The number of Topliss-reactive ketones (excluding diaryl/α,β-unsaturated/α-hetero) is 1. The number of hydrogen-bond acceptors (Lipinski definition) is 6. The van der Waals surface area contributed by atoms with E-state index in [-0.39, 0.29) is 19.6 Å². The molecule has 1 N–H and O–H groups in total. The molecule has 7 nitrogen and oxygen atoms in total. The summed E-state index contributed by atoms with van der Waals surface area (Å²) in [5.41, 5.74) is 0.935. The van der Waals surface area contributed by atoms with Gasteiger partial charge in [0.1, 0.15) is 5.92 Å². The predicted octanol–water partition coefficient (Wildman–Crippen LogP) is 3.86. The second-order valence-electron chi connectivity index (χ2n) is 9.20. The highest BCUT2D eigenvalue weighted by Crippen LogP contribution is 2.48. The summed E-state index contributed by atoms with van der Waals surface area (Å²) in [7, 11) is 0. The number of benzene rings is 2. The standard InChI is InChI=1S/C28H31NO6/c1-4-34-26(31)24-22(30)15-28(3,33)25(27(32)35-5-2)23(24)20-17-29(16-18-11-7-6-8-12-18)21-14-10-9-13-19(20)21/h6-14,17,23-25,33H,4-5,15-16H2,1-3H3/t23-,24+,25-,28-/m0/s1. The molecule has 184 valence electrons. The maximum Gasteiger partial charge on any atom is 0.317 e. The van der Waals surface area contributed by atoms with E-state index in [9.17, 15) is 19.5 Å². The van der Waals surface area contributed by atoms with Gasteiger partial charge in [0.15, 0.2) is 5.78 Å². The lowest BCUT2D eigenvalue weighted by atomic mass is 9.61. The molecule has 0 amide bonds. The topological polar surface area (TPSA) is 94.8 Å². The number of ketones is 1. The van der Waals surface area contributed by atoms with E-state index < -0.39 is 41.1 Å². The van der Waals surface area contributed by atoms with Crippen LogP contribution in [0.3, 0.4) is 0 Å². The molecule has 35 heavy (non-hydrogen) atoms. The van der Waals surface area contributed by atoms with Crippen LogP contribution < -0.4 is 0 Å². The number of nitrogens with zero attached hydrogens (tertiary/aromatic N) is 1. The minimum atomic E-state index is -1.68. The van der Waals surface area contributed by atoms with Crippen LogP contribution in [0, 0.1) is 11.8 Å². The lowest BCUT2D eigenvalue weighted by Crippen LogP contribution is -2.55. The third-order valence-electron chi connectivity index (χ3n) is 6.72. The van der Waals surface area contributed by atoms with Crippen molar-refractivity contribution in [2.45, 2.75) is 45.3 Å². The Morgan fingerprint density at radius 3 is 2.31 bits per heavy atom. The van der Waals surface area contributed by atoms with Gasteiger partial charge in [-0.3, -0.25) is 14.4 Å². The van der Waals surface area contributed by atoms with Gasteiger partial charge in [-0.05, 0) is 38.0 Å². The van der Waals surface area contributed by atoms with Crippen molar-refractivity contribution in [3.8, 4) is 0 Å². The van der Waals surface area contributed by atoms with Crippen LogP contribution >= 0.6 is 0 Å². The summed E-state index contributed by atoms with van der Waals surface area (Å²) in [5, 5.41) is 12.1. The second-order valence-corrected chi connectivity index (χ2v) is 9.20. The number of fused-ring (bicyclic) bond motifs is 1. The van der Waals surface area contributed by atoms with Crippen molar-refractivity contribution >= 4 is 28.6 Å². The molecule has 2 aromatic carbocycles. The summed E-state index contributed by atoms with van der Waals surface area (Å²) in [6.07, 6.45) is 1.55. The lowest BCUT2D eigenvalue weighted by molar-refractivity contribution is -0.172. The maximum atomic E-state index is 13.3. The van der Waals surface area contributed by atoms with Crippen LogP contribution in [-0.4, -0.2) is 46.2 Å². The molecule has 0 radical (unpaired) electrons. The molecular weight excluding hydrogens is 446 g/mol. The zero-order valence-electron chi connectivity index (χ0n) is 20.3. The molecule has 1 aliphatic rings. The van der Waals surface area contributed by atoms with Gasteiger partial charge in [0.2, 0.25) is 0 Å². The van der Waals surface area contributed by atoms with Gasteiger partial charge in [-0.25, -0.2) is 0 Å². The fourth-order valence-electron chi connectivity index (χ4n) is 5.31. The van der Waals surface area contributed by atoms with Crippen molar-refractivity contribution in [1.82, 2.24) is 4.57 Å². The molecule has 0 bridgehead atoms. The quantitative estimate of drug-likeness (QED) is 0.410. The summed E-state index contributed by atoms with van der Waals surface area (Å²) in [4.78, 5) is 39.5. The van der Waals surface area contributed by atoms with E-state index in [4.69, 9.17) is 9.47 Å². The van der Waals surface area contributed by atoms with Gasteiger partial charge in [-0.1, -0.05) is 48.5 Å². The van der Waals surface area contributed by atoms with Crippen LogP contribution in [0.15, 0.2) is 60.8 Å². The van der Waals surface area contributed by atoms with Gasteiger partial charge in [0.25, 0.3) is 0 Å². The molecule has 4 atom stereocenters. The van der Waals surface area contributed by atoms with Crippen LogP contribution in [0.5, 0.6) is 0 Å². The lowest BCUT2D eigenvalue weighted by Gasteiger charge is -2.43. The number of aliphatic hydroxyl groups is 1. The van der Waals surface area contributed by atoms with E-state index in [1.807, 2.05) is 65.4 Å². The first-order valence-electron chi connectivity index (χ1n) is 12.0. The normalized spacial score (nSPS) is 24.3. The maximum absolute atomic E-state index is 13.3. The highest BCUT2D eigenvalue weighted by Gasteiger charge is 2.57. The van der Waals surface area contributed by atoms with Crippen LogP contribution in [0.25, 0.3) is 10.9 Å². The number of hydrogen-bond donors (Lipinski definition) is 1. The predicted molar refractivity (Wildman–Crippen MR) is 131 cm³/mol. The number of rotatable bonds is 7. The number of para-hydroxylation sites is 1. The molecule has 1 fully saturated rings. The first kappa shape index (κ1) is 24.7. The molecule has 7 heteroatoms. The average molecular weight is 478 g/mol. The van der Waals surface area contributed by atoms with E-state index in [1.54, 1.807) is 13.8 Å². The Labute approximate surface area is 204 Å². The second kappa shape index (κ2) is 10.0. The number of carbonyl (C=O) groups excluding carboxylic acids is 3. The molecule has 1 saturated carbocycles. The minimum absolute atomic E-state index is 0.103. The Balaban J connectivity index is 1.92. The average Bonchev–Trinajstić information content (AvgIpc) is 3.17. The SMILES string of the molecule is CCOC(=O)[C@@H]1C(=O)C[C@](C)(O)[C@H](C(=O)OCC)[C@H]1c1cn(Cc2ccccc2)c2ccccc12. The zero-order valence-corrected chi connectivity index (χ0v) is 20.3. The summed E-state index contributed by atoms with van der Waals surface area (Å²) < 4.78 is 12.7. The van der Waals surface area contributed by atoms with E-state index in [0.717, 1.165) is 16.5 Å². The monoisotopic (exact) mass is 477 g/mol. The minimum Gasteiger partial charge on any atom is -0.466 e. The van der Waals surface area contributed by atoms with Crippen molar-refractivity contribution < 1.29 is 29.0 Å². The molecule has 1 heterocycles. The third kappa shape index (κ3) is 4.73. The van der Waals surface area contributed by atoms with Gasteiger partial charge in [-0.2, -0.15) is 0 Å². The zero-order chi connectivity index (χ0) is 25.2. The van der Waals surface area contributed by atoms with Gasteiger partial charge < -0.3 is 19.1 Å². The van der Waals surface area contributed by atoms with Crippen LogP contribution in [-0.2, 0) is 30.4 Å². The highest BCUT2D eigenvalue weighted by molar-refractivity contribution is 6.03. The molecule has 1 aromatic heterocycles. The highest BCUT2D eigenvalue weighted by atomic mass is 16.5. The largest absolute Gasteiger partial charge is 0.466 e.